The zero-order chi connectivity index (χ0) is 8.34. The molecule has 4 bridgehead atoms. The Morgan fingerprint density at radius 1 is 1.00 bits per heavy atom. The van der Waals surface area contributed by atoms with E-state index in [-0.39, 0.29) is 12.0 Å². The third-order valence-corrected chi connectivity index (χ3v) is 3.92. The molecule has 4 aliphatic carbocycles. The fourth-order valence-corrected chi connectivity index (χ4v) is 3.59. The molecule has 1 nitrogen and oxygen atoms in total. The Hall–Kier alpha value is -0.0400. The molecular weight excluding hydrogens is 136 g/mol. The van der Waals surface area contributed by atoms with E-state index in [2.05, 4.69) is 0 Å². The van der Waals surface area contributed by atoms with Gasteiger partial charge in [-0.05, 0) is 55.8 Å². The highest BCUT2D eigenvalue weighted by molar-refractivity contribution is 4.97. The van der Waals surface area contributed by atoms with Gasteiger partial charge < -0.3 is 5.11 Å². The van der Waals surface area contributed by atoms with Gasteiger partial charge in [-0.3, -0.25) is 0 Å². The van der Waals surface area contributed by atoms with Gasteiger partial charge in [0.25, 0.3) is 0 Å². The van der Waals surface area contributed by atoms with Crippen molar-refractivity contribution in [1.29, 1.82) is 0 Å². The van der Waals surface area contributed by atoms with Gasteiger partial charge in [-0.15, -0.1) is 0 Å². The van der Waals surface area contributed by atoms with Crippen LogP contribution >= 0.6 is 0 Å². The van der Waals surface area contributed by atoms with Crippen LogP contribution in [0.25, 0.3) is 0 Å². The van der Waals surface area contributed by atoms with Crippen molar-refractivity contribution in [2.75, 3.05) is 0 Å². The van der Waals surface area contributed by atoms with Crippen LogP contribution < -0.4 is 0 Å². The van der Waals surface area contributed by atoms with Crippen molar-refractivity contribution in [1.82, 2.24) is 0 Å². The van der Waals surface area contributed by atoms with E-state index in [0.29, 0.717) is 11.8 Å². The van der Waals surface area contributed by atoms with Crippen LogP contribution in [0.2, 0.25) is 0 Å². The van der Waals surface area contributed by atoms with Gasteiger partial charge in [-0.2, -0.15) is 0 Å². The molecule has 4 saturated carbocycles. The molecule has 4 aliphatic rings. The summed E-state index contributed by atoms with van der Waals surface area (Å²) in [6.07, 6.45) is 5.42. The summed E-state index contributed by atoms with van der Waals surface area (Å²) in [6, 6.07) is 0. The number of rotatable bonds is 0. The summed E-state index contributed by atoms with van der Waals surface area (Å²) in [5.41, 5.74) is 0. The molecule has 62 valence electrons. The maximum atomic E-state index is 9.86. The molecule has 0 radical (unpaired) electrons. The first kappa shape index (κ1) is 5.58. The molecule has 11 heavy (non-hydrogen) atoms. The predicted octanol–water partition coefficient (Wildman–Crippen LogP) is 1.80. The van der Waals surface area contributed by atoms with E-state index in [1.165, 1.54) is 12.8 Å². The molecular formula is C10H16O. The van der Waals surface area contributed by atoms with Crippen molar-refractivity contribution in [3.05, 3.63) is 0 Å². The number of hydrogen-bond donors (Lipinski definition) is 1. The van der Waals surface area contributed by atoms with Crippen LogP contribution in [0.3, 0.4) is 0 Å². The van der Waals surface area contributed by atoms with Crippen molar-refractivity contribution < 1.29 is 6.48 Å². The fraction of sp³-hybridized carbons (Fsp3) is 1.00. The van der Waals surface area contributed by atoms with Gasteiger partial charge in [-0.25, -0.2) is 0 Å². The third kappa shape index (κ3) is 0.807. The monoisotopic (exact) mass is 153 g/mol. The first-order chi connectivity index (χ1) is 5.66. The van der Waals surface area contributed by atoms with Crippen LogP contribution in [-0.4, -0.2) is 11.2 Å². The molecule has 2 atom stereocenters. The molecule has 4 rings (SSSR count). The van der Waals surface area contributed by atoms with Gasteiger partial charge in [0, 0.05) is 1.37 Å². The highest BCUT2D eigenvalue weighted by atomic mass is 16.3. The van der Waals surface area contributed by atoms with E-state index < -0.39 is 0 Å². The second kappa shape index (κ2) is 2.01. The van der Waals surface area contributed by atoms with Crippen molar-refractivity contribution >= 4 is 0 Å². The van der Waals surface area contributed by atoms with E-state index in [1.807, 2.05) is 0 Å². The summed E-state index contributed by atoms with van der Waals surface area (Å²) in [6.45, 7) is 0. The van der Waals surface area contributed by atoms with E-state index in [9.17, 15) is 5.11 Å². The van der Waals surface area contributed by atoms with Gasteiger partial charge in [0.1, 0.15) is 0 Å². The summed E-state index contributed by atoms with van der Waals surface area (Å²) >= 11 is 0. The lowest BCUT2D eigenvalue weighted by molar-refractivity contribution is -0.0919. The maximum Gasteiger partial charge on any atom is 0.0596 e. The molecule has 0 aromatic carbocycles. The largest absolute Gasteiger partial charge is 0.393 e. The second-order valence-corrected chi connectivity index (χ2v) is 4.71. The lowest BCUT2D eigenvalue weighted by Gasteiger charge is -2.52. The Bertz CT molecular complexity index is 200. The minimum Gasteiger partial charge on any atom is -0.393 e. The van der Waals surface area contributed by atoms with Crippen LogP contribution in [-0.2, 0) is 0 Å². The molecule has 0 aromatic heterocycles. The Kier molecular flexibility index (Phi) is 1.02. The number of aliphatic hydroxyl groups excluding tert-OH is 1. The van der Waals surface area contributed by atoms with E-state index in [4.69, 9.17) is 1.37 Å². The Balaban J connectivity index is 1.95. The van der Waals surface area contributed by atoms with Crippen LogP contribution in [0, 0.1) is 23.6 Å². The average molecular weight is 153 g/mol. The zero-order valence-electron chi connectivity index (χ0n) is 7.79. The fourth-order valence-electron chi connectivity index (χ4n) is 3.59. The Labute approximate surface area is 69.2 Å². The first-order valence-corrected chi connectivity index (χ1v) is 4.84. The SMILES string of the molecule is [2H]C12CC3CC(C1)C(O)C(C3)C2. The van der Waals surface area contributed by atoms with Gasteiger partial charge in [0.05, 0.1) is 6.10 Å². The van der Waals surface area contributed by atoms with Crippen LogP contribution in [0.5, 0.6) is 0 Å². The highest BCUT2D eigenvalue weighted by Gasteiger charge is 2.47. The minimum absolute atomic E-state index is 0.0555. The normalized spacial score (nSPS) is 68.3. The molecule has 4 fully saturated rings. The Morgan fingerprint density at radius 3 is 2.18 bits per heavy atom. The minimum atomic E-state index is -0.129. The summed E-state index contributed by atoms with van der Waals surface area (Å²) in [4.78, 5) is 0. The summed E-state index contributed by atoms with van der Waals surface area (Å²) < 4.78 is 8.19. The molecule has 1 N–H and O–H groups in total. The molecule has 0 saturated heterocycles. The zero-order valence-corrected chi connectivity index (χ0v) is 6.79. The molecule has 0 aliphatic heterocycles. The van der Waals surface area contributed by atoms with Crippen molar-refractivity contribution in [2.45, 2.75) is 38.2 Å². The molecule has 0 heterocycles. The van der Waals surface area contributed by atoms with Crippen LogP contribution in [0.4, 0.5) is 0 Å². The molecule has 0 amide bonds. The predicted molar refractivity (Wildman–Crippen MR) is 43.1 cm³/mol. The molecule has 0 aromatic rings. The van der Waals surface area contributed by atoms with Gasteiger partial charge in [-0.1, -0.05) is 0 Å². The van der Waals surface area contributed by atoms with E-state index in [1.54, 1.807) is 0 Å². The van der Waals surface area contributed by atoms with Crippen LogP contribution in [0.15, 0.2) is 0 Å². The molecule has 0 spiro atoms. The standard InChI is InChI=1S/C10H16O/c11-10-8-2-6-1-7(4-8)5-9(10)3-6/h6-11H,1-5H2/i6D. The lowest BCUT2D eigenvalue weighted by atomic mass is 9.55. The summed E-state index contributed by atoms with van der Waals surface area (Å²) in [7, 11) is 0. The number of hydrogen-bond acceptors (Lipinski definition) is 1. The number of aliphatic hydroxyl groups is 1. The average Bonchev–Trinajstić information content (AvgIpc) is 1.96. The smallest absolute Gasteiger partial charge is 0.0596 e. The van der Waals surface area contributed by atoms with Crippen molar-refractivity contribution in [3.63, 3.8) is 0 Å². The molecule has 2 unspecified atom stereocenters. The van der Waals surface area contributed by atoms with Gasteiger partial charge >= 0.3 is 0 Å². The van der Waals surface area contributed by atoms with Crippen molar-refractivity contribution in [3.8, 4) is 0 Å². The summed E-state index contributed by atoms with van der Waals surface area (Å²) in [5, 5.41) is 9.86. The van der Waals surface area contributed by atoms with Gasteiger partial charge in [0.2, 0.25) is 0 Å². The third-order valence-electron chi connectivity index (χ3n) is 3.92. The first-order valence-electron chi connectivity index (χ1n) is 5.34. The lowest BCUT2D eigenvalue weighted by Crippen LogP contribution is -2.48. The molecule has 1 heteroatoms. The van der Waals surface area contributed by atoms with E-state index >= 15 is 0 Å². The topological polar surface area (TPSA) is 20.2 Å². The maximum absolute atomic E-state index is 9.86. The Morgan fingerprint density at radius 2 is 1.64 bits per heavy atom. The van der Waals surface area contributed by atoms with E-state index in [0.717, 1.165) is 25.2 Å². The van der Waals surface area contributed by atoms with Crippen LogP contribution in [0.1, 0.15) is 33.5 Å². The highest BCUT2D eigenvalue weighted by Crippen LogP contribution is 2.53. The van der Waals surface area contributed by atoms with Gasteiger partial charge in [0.15, 0.2) is 0 Å². The summed E-state index contributed by atoms with van der Waals surface area (Å²) in [5.74, 6) is 1.61. The second-order valence-electron chi connectivity index (χ2n) is 4.71. The van der Waals surface area contributed by atoms with Crippen molar-refractivity contribution in [2.24, 2.45) is 23.6 Å². The quantitative estimate of drug-likeness (QED) is 0.562.